The Balaban J connectivity index is 1.67. The predicted molar refractivity (Wildman–Crippen MR) is 92.8 cm³/mol. The van der Waals surface area contributed by atoms with Crippen LogP contribution in [0.1, 0.15) is 29.8 Å². The summed E-state index contributed by atoms with van der Waals surface area (Å²) >= 11 is 1.35. The lowest BCUT2D eigenvalue weighted by molar-refractivity contribution is -0.161. The van der Waals surface area contributed by atoms with Gasteiger partial charge in [-0.15, -0.1) is 11.8 Å². The Labute approximate surface area is 153 Å². The van der Waals surface area contributed by atoms with Crippen LogP contribution in [0.25, 0.3) is 0 Å². The second-order valence-electron chi connectivity index (χ2n) is 6.83. The topological polar surface area (TPSA) is 124 Å². The minimum atomic E-state index is -1.08. The van der Waals surface area contributed by atoms with E-state index in [1.54, 1.807) is 26.0 Å². The number of carboxylic acid groups (broad SMARTS) is 2. The maximum absolute atomic E-state index is 12.3. The van der Waals surface area contributed by atoms with E-state index in [2.05, 4.69) is 5.32 Å². The molecule has 26 heavy (non-hydrogen) atoms. The summed E-state index contributed by atoms with van der Waals surface area (Å²) in [6, 6.07) is 4.33. The van der Waals surface area contributed by atoms with Crippen molar-refractivity contribution in [2.24, 2.45) is 0 Å². The number of hydrogen-bond donors (Lipinski definition) is 3. The predicted octanol–water partition coefficient (Wildman–Crippen LogP) is 0.559. The molecule has 138 valence electrons. The van der Waals surface area contributed by atoms with Gasteiger partial charge in [-0.3, -0.25) is 9.59 Å². The minimum Gasteiger partial charge on any atom is -0.480 e. The first kappa shape index (κ1) is 18.2. The van der Waals surface area contributed by atoms with Crippen molar-refractivity contribution in [3.05, 3.63) is 35.4 Å². The molecule has 2 aliphatic rings. The highest BCUT2D eigenvalue weighted by Crippen LogP contribution is 2.50. The summed E-state index contributed by atoms with van der Waals surface area (Å²) in [5, 5.41) is 20.6. The zero-order valence-electron chi connectivity index (χ0n) is 14.1. The quantitative estimate of drug-likeness (QED) is 0.640. The number of β-lactam (4-membered cyclic amide) rings is 1. The van der Waals surface area contributed by atoms with E-state index in [0.29, 0.717) is 5.56 Å². The molecule has 3 rings (SSSR count). The van der Waals surface area contributed by atoms with Crippen molar-refractivity contribution in [2.45, 2.75) is 42.5 Å². The average molecular weight is 378 g/mol. The number of fused-ring (bicyclic) bond motifs is 1. The van der Waals surface area contributed by atoms with Crippen LogP contribution in [-0.2, 0) is 20.8 Å². The summed E-state index contributed by atoms with van der Waals surface area (Å²) in [5.41, 5.74) is 0.604. The van der Waals surface area contributed by atoms with Gasteiger partial charge in [0.05, 0.1) is 12.0 Å². The van der Waals surface area contributed by atoms with Crippen LogP contribution < -0.4 is 5.32 Å². The Bertz CT molecular complexity index is 808. The Morgan fingerprint density at radius 3 is 2.58 bits per heavy atom. The molecular formula is C17H18N2O6S. The molecule has 0 bridgehead atoms. The van der Waals surface area contributed by atoms with E-state index < -0.39 is 46.0 Å². The molecule has 0 aliphatic carbocycles. The van der Waals surface area contributed by atoms with Crippen molar-refractivity contribution in [1.82, 2.24) is 10.2 Å². The van der Waals surface area contributed by atoms with Gasteiger partial charge in [0.15, 0.2) is 0 Å². The zero-order valence-corrected chi connectivity index (χ0v) is 14.9. The normalized spacial score (nSPS) is 26.0. The highest BCUT2D eigenvalue weighted by molar-refractivity contribution is 8.01. The number of thioether (sulfide) groups is 1. The Morgan fingerprint density at radius 2 is 1.96 bits per heavy atom. The molecule has 2 saturated heterocycles. The molecule has 0 spiro atoms. The third-order valence-corrected chi connectivity index (χ3v) is 6.10. The standard InChI is InChI=1S/C17H18N2O6S/c1-17(2)12(16(24)25)19-13(21)11(14(19)26-17)18-10(20)7-8-4-3-5-9(6-8)15(22)23/h3-6,11-12,14H,7H2,1-2H3,(H,18,20)(H,22,23)(H,24,25)/t11-,12?,14-/m1/s1. The molecule has 2 aliphatic heterocycles. The summed E-state index contributed by atoms with van der Waals surface area (Å²) in [6.45, 7) is 3.52. The van der Waals surface area contributed by atoms with Gasteiger partial charge in [0.2, 0.25) is 11.8 Å². The van der Waals surface area contributed by atoms with Gasteiger partial charge >= 0.3 is 11.9 Å². The van der Waals surface area contributed by atoms with Crippen LogP contribution in [0.5, 0.6) is 0 Å². The van der Waals surface area contributed by atoms with Crippen LogP contribution >= 0.6 is 11.8 Å². The van der Waals surface area contributed by atoms with Crippen LogP contribution in [0, 0.1) is 0 Å². The molecule has 9 heteroatoms. The third kappa shape index (κ3) is 3.03. The van der Waals surface area contributed by atoms with E-state index in [-0.39, 0.29) is 12.0 Å². The molecule has 8 nitrogen and oxygen atoms in total. The van der Waals surface area contributed by atoms with Crippen LogP contribution in [0.3, 0.4) is 0 Å². The van der Waals surface area contributed by atoms with E-state index in [1.165, 1.54) is 28.8 Å². The number of aromatic carboxylic acids is 1. The molecule has 1 unspecified atom stereocenters. The molecule has 3 N–H and O–H groups in total. The zero-order chi connectivity index (χ0) is 19.2. The van der Waals surface area contributed by atoms with Crippen molar-refractivity contribution in [3.8, 4) is 0 Å². The number of carbonyl (C=O) groups excluding carboxylic acids is 2. The van der Waals surface area contributed by atoms with Crippen LogP contribution in [0.15, 0.2) is 24.3 Å². The molecule has 0 radical (unpaired) electrons. The van der Waals surface area contributed by atoms with Gasteiger partial charge in [0.1, 0.15) is 17.5 Å². The van der Waals surface area contributed by atoms with Gasteiger partial charge in [-0.25, -0.2) is 9.59 Å². The second kappa shape index (κ2) is 6.31. The third-order valence-electron chi connectivity index (χ3n) is 4.53. The van der Waals surface area contributed by atoms with E-state index in [9.17, 15) is 24.3 Å². The van der Waals surface area contributed by atoms with E-state index in [0.717, 1.165) is 0 Å². The summed E-state index contributed by atoms with van der Waals surface area (Å²) in [4.78, 5) is 48.3. The van der Waals surface area contributed by atoms with Crippen molar-refractivity contribution in [3.63, 3.8) is 0 Å². The van der Waals surface area contributed by atoms with Gasteiger partial charge in [-0.05, 0) is 31.5 Å². The van der Waals surface area contributed by atoms with E-state index in [4.69, 9.17) is 5.11 Å². The van der Waals surface area contributed by atoms with E-state index in [1.807, 2.05) is 0 Å². The molecule has 2 fully saturated rings. The molecular weight excluding hydrogens is 360 g/mol. The van der Waals surface area contributed by atoms with Crippen LogP contribution in [0.2, 0.25) is 0 Å². The summed E-state index contributed by atoms with van der Waals surface area (Å²) in [6.07, 6.45) is -0.0615. The monoisotopic (exact) mass is 378 g/mol. The van der Waals surface area contributed by atoms with Crippen molar-refractivity contribution in [1.29, 1.82) is 0 Å². The maximum atomic E-state index is 12.3. The highest BCUT2D eigenvalue weighted by atomic mass is 32.2. The Kier molecular flexibility index (Phi) is 4.43. The number of carbonyl (C=O) groups is 4. The smallest absolute Gasteiger partial charge is 0.335 e. The Morgan fingerprint density at radius 1 is 1.27 bits per heavy atom. The number of carboxylic acids is 2. The molecule has 1 aromatic carbocycles. The van der Waals surface area contributed by atoms with Crippen molar-refractivity contribution in [2.75, 3.05) is 0 Å². The molecule has 2 amide bonds. The molecule has 3 atom stereocenters. The molecule has 0 aromatic heterocycles. The van der Waals surface area contributed by atoms with Crippen LogP contribution in [0.4, 0.5) is 0 Å². The Hall–Kier alpha value is -2.55. The summed E-state index contributed by atoms with van der Waals surface area (Å²) in [7, 11) is 0. The van der Waals surface area contributed by atoms with E-state index >= 15 is 0 Å². The number of nitrogens with zero attached hydrogens (tertiary/aromatic N) is 1. The fourth-order valence-corrected chi connectivity index (χ4v) is 4.99. The maximum Gasteiger partial charge on any atom is 0.335 e. The number of hydrogen-bond acceptors (Lipinski definition) is 5. The number of benzene rings is 1. The van der Waals surface area contributed by atoms with Crippen molar-refractivity contribution >= 4 is 35.5 Å². The lowest BCUT2D eigenvalue weighted by atomic mass is 9.96. The van der Waals surface area contributed by atoms with Gasteiger partial charge in [-0.2, -0.15) is 0 Å². The minimum absolute atomic E-state index is 0.0615. The SMILES string of the molecule is CC1(C)S[C@@H]2[C@H](NC(=O)Cc3cccc(C(=O)O)c3)C(=O)N2C1C(=O)O. The highest BCUT2D eigenvalue weighted by Gasteiger charge is 2.64. The second-order valence-corrected chi connectivity index (χ2v) is 8.60. The molecule has 2 heterocycles. The lowest BCUT2D eigenvalue weighted by Crippen LogP contribution is -2.70. The van der Waals surface area contributed by atoms with Gasteiger partial charge in [0, 0.05) is 4.75 Å². The summed E-state index contributed by atoms with van der Waals surface area (Å²) in [5.74, 6) is -2.97. The average Bonchev–Trinajstić information content (AvgIpc) is 2.81. The van der Waals surface area contributed by atoms with Gasteiger partial charge in [0.25, 0.3) is 0 Å². The first-order chi connectivity index (χ1) is 12.1. The molecule has 1 aromatic rings. The van der Waals surface area contributed by atoms with Crippen molar-refractivity contribution < 1.29 is 29.4 Å². The lowest BCUT2D eigenvalue weighted by Gasteiger charge is -2.43. The first-order valence-electron chi connectivity index (χ1n) is 7.96. The fourth-order valence-electron chi connectivity index (χ4n) is 3.37. The number of amides is 2. The van der Waals surface area contributed by atoms with Crippen LogP contribution in [-0.4, -0.2) is 61.1 Å². The fraction of sp³-hybridized carbons (Fsp3) is 0.412. The largest absolute Gasteiger partial charge is 0.480 e. The van der Waals surface area contributed by atoms with Gasteiger partial charge < -0.3 is 20.4 Å². The van der Waals surface area contributed by atoms with Gasteiger partial charge in [-0.1, -0.05) is 12.1 Å². The number of rotatable bonds is 5. The number of aliphatic carboxylic acids is 1. The summed E-state index contributed by atoms with van der Waals surface area (Å²) < 4.78 is -0.651. The molecule has 0 saturated carbocycles. The first-order valence-corrected chi connectivity index (χ1v) is 8.84. The number of nitrogens with one attached hydrogen (secondary N) is 1.